The van der Waals surface area contributed by atoms with Crippen molar-refractivity contribution in [2.24, 2.45) is 11.5 Å². The molecule has 0 radical (unpaired) electrons. The van der Waals surface area contributed by atoms with Crippen molar-refractivity contribution in [3.05, 3.63) is 0 Å². The first-order chi connectivity index (χ1) is 5.74. The van der Waals surface area contributed by atoms with E-state index in [2.05, 4.69) is 11.8 Å². The van der Waals surface area contributed by atoms with Crippen molar-refractivity contribution in [3.63, 3.8) is 0 Å². The lowest BCUT2D eigenvalue weighted by Gasteiger charge is -2.35. The number of nitrogens with two attached hydrogens (primary N) is 2. The van der Waals surface area contributed by atoms with E-state index in [1.807, 2.05) is 0 Å². The highest BCUT2D eigenvalue weighted by atomic mass is 15.2. The summed E-state index contributed by atoms with van der Waals surface area (Å²) in [7, 11) is 0. The molecule has 1 saturated heterocycles. The van der Waals surface area contributed by atoms with Gasteiger partial charge >= 0.3 is 0 Å². The third-order valence-corrected chi connectivity index (χ3v) is 2.54. The first-order valence-corrected chi connectivity index (χ1v) is 4.93. The Kier molecular flexibility index (Phi) is 3.98. The highest BCUT2D eigenvalue weighted by molar-refractivity contribution is 4.79. The summed E-state index contributed by atoms with van der Waals surface area (Å²) in [5.74, 6) is 0. The van der Waals surface area contributed by atoms with Crippen molar-refractivity contribution in [2.45, 2.75) is 38.3 Å². The molecule has 2 atom stereocenters. The zero-order valence-corrected chi connectivity index (χ0v) is 8.00. The van der Waals surface area contributed by atoms with Crippen LogP contribution in [0.1, 0.15) is 26.2 Å². The molecule has 0 bridgehead atoms. The largest absolute Gasteiger partial charge is 0.329 e. The van der Waals surface area contributed by atoms with E-state index in [0.29, 0.717) is 6.04 Å². The summed E-state index contributed by atoms with van der Waals surface area (Å²) < 4.78 is 0. The van der Waals surface area contributed by atoms with Crippen LogP contribution in [0.5, 0.6) is 0 Å². The standard InChI is InChI=1S/C9H21N3/c1-8(11)7-12-5-3-2-4-9(12)6-10/h8-9H,2-7,10-11H2,1H3. The summed E-state index contributed by atoms with van der Waals surface area (Å²) in [6.45, 7) is 5.03. The quantitative estimate of drug-likeness (QED) is 0.635. The smallest absolute Gasteiger partial charge is 0.0219 e. The predicted octanol–water partition coefficient (Wildman–Crippen LogP) is 0.147. The summed E-state index contributed by atoms with van der Waals surface area (Å²) >= 11 is 0. The highest BCUT2D eigenvalue weighted by Gasteiger charge is 2.21. The Balaban J connectivity index is 2.36. The van der Waals surface area contributed by atoms with Crippen molar-refractivity contribution in [2.75, 3.05) is 19.6 Å². The molecule has 12 heavy (non-hydrogen) atoms. The maximum Gasteiger partial charge on any atom is 0.0219 e. The molecule has 4 N–H and O–H groups in total. The van der Waals surface area contributed by atoms with Crippen LogP contribution >= 0.6 is 0 Å². The van der Waals surface area contributed by atoms with Crippen LogP contribution in [0.25, 0.3) is 0 Å². The molecule has 0 aromatic carbocycles. The van der Waals surface area contributed by atoms with Crippen molar-refractivity contribution in [3.8, 4) is 0 Å². The van der Waals surface area contributed by atoms with Crippen molar-refractivity contribution >= 4 is 0 Å². The minimum atomic E-state index is 0.275. The van der Waals surface area contributed by atoms with Crippen LogP contribution in [-0.4, -0.2) is 36.6 Å². The molecule has 0 aliphatic carbocycles. The molecule has 0 spiro atoms. The monoisotopic (exact) mass is 171 g/mol. The lowest BCUT2D eigenvalue weighted by molar-refractivity contribution is 0.146. The van der Waals surface area contributed by atoms with Crippen LogP contribution in [0.2, 0.25) is 0 Å². The second kappa shape index (κ2) is 4.80. The Bertz CT molecular complexity index is 125. The topological polar surface area (TPSA) is 55.3 Å². The Morgan fingerprint density at radius 3 is 2.83 bits per heavy atom. The maximum absolute atomic E-state index is 5.76. The fourth-order valence-corrected chi connectivity index (χ4v) is 1.94. The number of hydrogen-bond donors (Lipinski definition) is 2. The maximum atomic E-state index is 5.76. The molecule has 1 heterocycles. The van der Waals surface area contributed by atoms with E-state index >= 15 is 0 Å². The van der Waals surface area contributed by atoms with Crippen molar-refractivity contribution in [1.82, 2.24) is 4.90 Å². The van der Waals surface area contributed by atoms with Gasteiger partial charge in [-0.1, -0.05) is 6.42 Å². The van der Waals surface area contributed by atoms with E-state index in [4.69, 9.17) is 11.5 Å². The highest BCUT2D eigenvalue weighted by Crippen LogP contribution is 2.15. The van der Waals surface area contributed by atoms with E-state index in [1.165, 1.54) is 25.8 Å². The van der Waals surface area contributed by atoms with Gasteiger partial charge in [-0.25, -0.2) is 0 Å². The van der Waals surface area contributed by atoms with Gasteiger partial charge in [-0.05, 0) is 26.3 Å². The second-order valence-electron chi connectivity index (χ2n) is 3.86. The summed E-state index contributed by atoms with van der Waals surface area (Å²) in [6, 6.07) is 0.863. The van der Waals surface area contributed by atoms with E-state index in [0.717, 1.165) is 13.1 Å². The first kappa shape index (κ1) is 9.96. The fraction of sp³-hybridized carbons (Fsp3) is 1.00. The number of hydrogen-bond acceptors (Lipinski definition) is 3. The van der Waals surface area contributed by atoms with Crippen molar-refractivity contribution < 1.29 is 0 Å². The molecular weight excluding hydrogens is 150 g/mol. The summed E-state index contributed by atoms with van der Waals surface area (Å²) in [5, 5.41) is 0. The first-order valence-electron chi connectivity index (χ1n) is 4.93. The van der Waals surface area contributed by atoms with Gasteiger partial charge in [0.1, 0.15) is 0 Å². The van der Waals surface area contributed by atoms with Gasteiger partial charge in [0.15, 0.2) is 0 Å². The molecular formula is C9H21N3. The minimum Gasteiger partial charge on any atom is -0.329 e. The average Bonchev–Trinajstić information content (AvgIpc) is 2.04. The molecule has 3 nitrogen and oxygen atoms in total. The normalized spacial score (nSPS) is 28.8. The van der Waals surface area contributed by atoms with E-state index in [9.17, 15) is 0 Å². The second-order valence-corrected chi connectivity index (χ2v) is 3.86. The molecule has 72 valence electrons. The van der Waals surface area contributed by atoms with E-state index in [1.54, 1.807) is 0 Å². The zero-order valence-electron chi connectivity index (χ0n) is 8.00. The van der Waals surface area contributed by atoms with Gasteiger partial charge in [-0.2, -0.15) is 0 Å². The molecule has 1 rings (SSSR count). The molecule has 1 aliphatic rings. The molecule has 0 amide bonds. The van der Waals surface area contributed by atoms with Crippen LogP contribution in [0.4, 0.5) is 0 Å². The van der Waals surface area contributed by atoms with E-state index < -0.39 is 0 Å². The van der Waals surface area contributed by atoms with Gasteiger partial charge in [0, 0.05) is 25.2 Å². The molecule has 0 aromatic rings. The van der Waals surface area contributed by atoms with E-state index in [-0.39, 0.29) is 6.04 Å². The molecule has 0 aromatic heterocycles. The van der Waals surface area contributed by atoms with Crippen LogP contribution < -0.4 is 11.5 Å². The minimum absolute atomic E-state index is 0.275. The number of likely N-dealkylation sites (tertiary alicyclic amines) is 1. The van der Waals surface area contributed by atoms with Crippen LogP contribution in [0, 0.1) is 0 Å². The predicted molar refractivity (Wildman–Crippen MR) is 51.9 cm³/mol. The molecule has 2 unspecified atom stereocenters. The number of rotatable bonds is 3. The average molecular weight is 171 g/mol. The third-order valence-electron chi connectivity index (χ3n) is 2.54. The lowest BCUT2D eigenvalue weighted by atomic mass is 10.0. The van der Waals surface area contributed by atoms with Gasteiger partial charge in [0.2, 0.25) is 0 Å². The van der Waals surface area contributed by atoms with Crippen LogP contribution in [0.3, 0.4) is 0 Å². The summed E-state index contributed by atoms with van der Waals surface area (Å²) in [6.07, 6.45) is 3.89. The number of nitrogens with zero attached hydrogens (tertiary/aromatic N) is 1. The van der Waals surface area contributed by atoms with Crippen LogP contribution in [-0.2, 0) is 0 Å². The molecule has 1 fully saturated rings. The van der Waals surface area contributed by atoms with Gasteiger partial charge in [0.25, 0.3) is 0 Å². The van der Waals surface area contributed by atoms with Gasteiger partial charge in [0.05, 0.1) is 0 Å². The summed E-state index contributed by atoms with van der Waals surface area (Å²) in [4.78, 5) is 2.44. The SMILES string of the molecule is CC(N)CN1CCCCC1CN. The fourth-order valence-electron chi connectivity index (χ4n) is 1.94. The van der Waals surface area contributed by atoms with Gasteiger partial charge in [-0.3, -0.25) is 4.90 Å². The van der Waals surface area contributed by atoms with Crippen molar-refractivity contribution in [1.29, 1.82) is 0 Å². The zero-order chi connectivity index (χ0) is 8.97. The number of piperidine rings is 1. The molecule has 1 aliphatic heterocycles. The Morgan fingerprint density at radius 1 is 1.50 bits per heavy atom. The Hall–Kier alpha value is -0.120. The Morgan fingerprint density at radius 2 is 2.25 bits per heavy atom. The molecule has 3 heteroatoms. The van der Waals surface area contributed by atoms with Gasteiger partial charge < -0.3 is 11.5 Å². The lowest BCUT2D eigenvalue weighted by Crippen LogP contribution is -2.48. The van der Waals surface area contributed by atoms with Crippen LogP contribution in [0.15, 0.2) is 0 Å². The van der Waals surface area contributed by atoms with Gasteiger partial charge in [-0.15, -0.1) is 0 Å². The third kappa shape index (κ3) is 2.73. The molecule has 0 saturated carbocycles. The Labute approximate surface area is 75.1 Å². The summed E-state index contributed by atoms with van der Waals surface area (Å²) in [5.41, 5.74) is 11.4.